The van der Waals surface area contributed by atoms with Gasteiger partial charge in [-0.3, -0.25) is 9.59 Å². The van der Waals surface area contributed by atoms with Crippen molar-refractivity contribution in [3.8, 4) is 0 Å². The minimum Gasteiger partial charge on any atom is -0.447 e. The molecule has 1 amide bonds. The molecule has 24 heavy (non-hydrogen) atoms. The third kappa shape index (κ3) is 5.23. The van der Waals surface area contributed by atoms with Crippen molar-refractivity contribution in [2.75, 3.05) is 0 Å². The first kappa shape index (κ1) is 18.8. The number of rotatable bonds is 4. The maximum absolute atomic E-state index is 12.7. The van der Waals surface area contributed by atoms with Crippen LogP contribution in [0.3, 0.4) is 0 Å². The highest BCUT2D eigenvalue weighted by Crippen LogP contribution is 2.26. The Hall–Kier alpha value is -1.55. The summed E-state index contributed by atoms with van der Waals surface area (Å²) in [6.45, 7) is 5.31. The van der Waals surface area contributed by atoms with E-state index in [0.717, 1.165) is 25.7 Å². The first-order chi connectivity index (χ1) is 11.3. The molecule has 1 aromatic carbocycles. The number of carbonyl (C=O) groups excluding carboxylic acids is 2. The lowest BCUT2D eigenvalue weighted by Gasteiger charge is -2.27. The zero-order valence-electron chi connectivity index (χ0n) is 14.6. The van der Waals surface area contributed by atoms with Crippen LogP contribution in [-0.2, 0) is 14.3 Å². The van der Waals surface area contributed by atoms with Gasteiger partial charge in [-0.25, -0.2) is 0 Å². The van der Waals surface area contributed by atoms with E-state index in [-0.39, 0.29) is 11.9 Å². The highest BCUT2D eigenvalue weighted by atomic mass is 35.5. The summed E-state index contributed by atoms with van der Waals surface area (Å²) < 4.78 is 5.55. The van der Waals surface area contributed by atoms with E-state index in [2.05, 4.69) is 5.32 Å². The number of amides is 1. The van der Waals surface area contributed by atoms with Crippen LogP contribution in [0.15, 0.2) is 24.3 Å². The predicted octanol–water partition coefficient (Wildman–Crippen LogP) is 4.42. The van der Waals surface area contributed by atoms with Crippen molar-refractivity contribution in [1.82, 2.24) is 5.32 Å². The first-order valence-electron chi connectivity index (χ1n) is 8.54. The molecule has 1 aliphatic carbocycles. The lowest BCUT2D eigenvalue weighted by atomic mass is 9.95. The van der Waals surface area contributed by atoms with Crippen molar-refractivity contribution in [1.29, 1.82) is 0 Å². The Morgan fingerprint density at radius 3 is 2.25 bits per heavy atom. The van der Waals surface area contributed by atoms with Crippen molar-refractivity contribution in [3.05, 3.63) is 34.9 Å². The average Bonchev–Trinajstić information content (AvgIpc) is 2.53. The van der Waals surface area contributed by atoms with Gasteiger partial charge in [0.25, 0.3) is 5.91 Å². The van der Waals surface area contributed by atoms with E-state index in [1.165, 1.54) is 6.42 Å². The minimum absolute atomic E-state index is 0.161. The Bertz CT molecular complexity index is 571. The topological polar surface area (TPSA) is 55.4 Å². The molecule has 5 heteroatoms. The molecule has 1 fully saturated rings. The van der Waals surface area contributed by atoms with Gasteiger partial charge in [0, 0.05) is 16.6 Å². The zero-order valence-corrected chi connectivity index (χ0v) is 15.4. The van der Waals surface area contributed by atoms with Gasteiger partial charge < -0.3 is 10.1 Å². The lowest BCUT2D eigenvalue weighted by molar-refractivity contribution is -0.164. The van der Waals surface area contributed by atoms with E-state index in [1.54, 1.807) is 45.0 Å². The van der Waals surface area contributed by atoms with Gasteiger partial charge in [-0.1, -0.05) is 43.0 Å². The Balaban J connectivity index is 2.16. The van der Waals surface area contributed by atoms with Crippen molar-refractivity contribution >= 4 is 23.5 Å². The van der Waals surface area contributed by atoms with Crippen LogP contribution in [0.1, 0.15) is 64.5 Å². The lowest BCUT2D eigenvalue weighted by Crippen LogP contribution is -2.41. The molecule has 0 saturated heterocycles. The monoisotopic (exact) mass is 351 g/mol. The van der Waals surface area contributed by atoms with Crippen molar-refractivity contribution in [2.24, 2.45) is 5.41 Å². The van der Waals surface area contributed by atoms with E-state index in [4.69, 9.17) is 16.3 Å². The molecule has 4 nitrogen and oxygen atoms in total. The molecular weight excluding hydrogens is 326 g/mol. The summed E-state index contributed by atoms with van der Waals surface area (Å²) in [5, 5.41) is 3.62. The molecule has 0 radical (unpaired) electrons. The number of nitrogens with one attached hydrogen (secondary N) is 1. The van der Waals surface area contributed by atoms with Gasteiger partial charge in [0.2, 0.25) is 6.10 Å². The summed E-state index contributed by atoms with van der Waals surface area (Å²) in [7, 11) is 0. The van der Waals surface area contributed by atoms with E-state index in [9.17, 15) is 9.59 Å². The van der Waals surface area contributed by atoms with Crippen LogP contribution >= 0.6 is 11.6 Å². The van der Waals surface area contributed by atoms with Crippen LogP contribution in [0.2, 0.25) is 5.02 Å². The Labute approximate surface area is 148 Å². The fourth-order valence-electron chi connectivity index (χ4n) is 2.72. The molecule has 0 heterocycles. The molecule has 2 rings (SSSR count). The van der Waals surface area contributed by atoms with Crippen LogP contribution in [0.4, 0.5) is 0 Å². The summed E-state index contributed by atoms with van der Waals surface area (Å²) in [6.07, 6.45) is 4.47. The molecule has 0 aliphatic heterocycles. The van der Waals surface area contributed by atoms with Gasteiger partial charge in [-0.05, 0) is 45.7 Å². The van der Waals surface area contributed by atoms with E-state index < -0.39 is 17.5 Å². The third-order valence-corrected chi connectivity index (χ3v) is 4.45. The second-order valence-corrected chi connectivity index (χ2v) is 7.87. The number of benzene rings is 1. The van der Waals surface area contributed by atoms with Crippen LogP contribution in [-0.4, -0.2) is 17.9 Å². The summed E-state index contributed by atoms with van der Waals surface area (Å²) in [5.74, 6) is -0.664. The van der Waals surface area contributed by atoms with E-state index >= 15 is 0 Å². The molecule has 1 atom stereocenters. The fourth-order valence-corrected chi connectivity index (χ4v) is 2.84. The second kappa shape index (κ2) is 8.02. The highest BCUT2D eigenvalue weighted by molar-refractivity contribution is 6.30. The Morgan fingerprint density at radius 2 is 1.71 bits per heavy atom. The van der Waals surface area contributed by atoms with Crippen LogP contribution < -0.4 is 5.32 Å². The molecule has 1 saturated carbocycles. The normalized spacial score (nSPS) is 17.2. The summed E-state index contributed by atoms with van der Waals surface area (Å²) in [6, 6.07) is 7.01. The number of hydrogen-bond acceptors (Lipinski definition) is 3. The Morgan fingerprint density at radius 1 is 1.12 bits per heavy atom. The van der Waals surface area contributed by atoms with Crippen LogP contribution in [0, 0.1) is 5.41 Å². The molecule has 1 aromatic rings. The quantitative estimate of drug-likeness (QED) is 0.817. The molecule has 1 N–H and O–H groups in total. The standard InChI is InChI=1S/C19H26ClNO3/c1-19(2,3)18(23)24-16(13-9-11-14(20)12-10-13)17(22)21-15-7-5-4-6-8-15/h9-12,15-16H,4-8H2,1-3H3,(H,21,22). The Kier molecular flexibility index (Phi) is 6.27. The summed E-state index contributed by atoms with van der Waals surface area (Å²) in [4.78, 5) is 25.0. The van der Waals surface area contributed by atoms with Gasteiger partial charge >= 0.3 is 5.97 Å². The maximum atomic E-state index is 12.7. The SMILES string of the molecule is CC(C)(C)C(=O)OC(C(=O)NC1CCCCC1)c1ccc(Cl)cc1. The van der Waals surface area contributed by atoms with Crippen molar-refractivity contribution < 1.29 is 14.3 Å². The second-order valence-electron chi connectivity index (χ2n) is 7.43. The largest absolute Gasteiger partial charge is 0.447 e. The highest BCUT2D eigenvalue weighted by Gasteiger charge is 2.32. The summed E-state index contributed by atoms with van der Waals surface area (Å²) >= 11 is 5.92. The number of esters is 1. The van der Waals surface area contributed by atoms with Gasteiger partial charge in [-0.15, -0.1) is 0 Å². The fraction of sp³-hybridized carbons (Fsp3) is 0.579. The van der Waals surface area contributed by atoms with Crippen LogP contribution in [0.25, 0.3) is 0 Å². The van der Waals surface area contributed by atoms with Gasteiger partial charge in [0.1, 0.15) is 0 Å². The zero-order chi connectivity index (χ0) is 17.7. The predicted molar refractivity (Wildman–Crippen MR) is 94.8 cm³/mol. The van der Waals surface area contributed by atoms with E-state index in [1.807, 2.05) is 0 Å². The van der Waals surface area contributed by atoms with Crippen molar-refractivity contribution in [2.45, 2.75) is 65.0 Å². The first-order valence-corrected chi connectivity index (χ1v) is 8.92. The maximum Gasteiger partial charge on any atom is 0.312 e. The van der Waals surface area contributed by atoms with Crippen molar-refractivity contribution in [3.63, 3.8) is 0 Å². The number of ether oxygens (including phenoxy) is 1. The number of halogens is 1. The molecule has 0 spiro atoms. The van der Waals surface area contributed by atoms with E-state index in [0.29, 0.717) is 10.6 Å². The number of carbonyl (C=O) groups is 2. The molecule has 1 aliphatic rings. The van der Waals surface area contributed by atoms with Gasteiger partial charge in [0.05, 0.1) is 5.41 Å². The smallest absolute Gasteiger partial charge is 0.312 e. The third-order valence-electron chi connectivity index (χ3n) is 4.20. The van der Waals surface area contributed by atoms with Gasteiger partial charge in [0.15, 0.2) is 0 Å². The summed E-state index contributed by atoms with van der Waals surface area (Å²) in [5.41, 5.74) is -0.0409. The molecule has 1 unspecified atom stereocenters. The number of hydrogen-bond donors (Lipinski definition) is 1. The molecule has 0 aromatic heterocycles. The molecular formula is C19H26ClNO3. The molecule has 132 valence electrons. The van der Waals surface area contributed by atoms with Crippen LogP contribution in [0.5, 0.6) is 0 Å². The average molecular weight is 352 g/mol. The molecule has 0 bridgehead atoms. The minimum atomic E-state index is -0.948. The van der Waals surface area contributed by atoms with Gasteiger partial charge in [-0.2, -0.15) is 0 Å².